The van der Waals surface area contributed by atoms with Crippen LogP contribution in [-0.2, 0) is 4.74 Å². The molecule has 4 radical (unpaired) electrons. The predicted molar refractivity (Wildman–Crippen MR) is 27.2 cm³/mol. The van der Waals surface area contributed by atoms with Gasteiger partial charge in [0.1, 0.15) is 0 Å². The van der Waals surface area contributed by atoms with E-state index >= 15 is 0 Å². The molecule has 0 bridgehead atoms. The van der Waals surface area contributed by atoms with Crippen LogP contribution in [0.5, 0.6) is 0 Å². The molecule has 0 aromatic heterocycles. The third-order valence-electron chi connectivity index (χ3n) is 0.192. The summed E-state index contributed by atoms with van der Waals surface area (Å²) in [4.78, 5) is 0. The number of rotatable bonds is 2. The van der Waals surface area contributed by atoms with E-state index in [4.69, 9.17) is 0 Å². The Morgan fingerprint density at radius 2 is 1.50 bits per heavy atom. The standard InChI is InChI=1S/C4H6O.Sn/c1-3-5-4-2;/h3-4H,1-2H2;. The third kappa shape index (κ3) is 8.95. The Morgan fingerprint density at radius 3 is 1.50 bits per heavy atom. The van der Waals surface area contributed by atoms with E-state index < -0.39 is 0 Å². The monoisotopic (exact) mass is 190 g/mol. The molecule has 0 amide bonds. The first-order valence-electron chi connectivity index (χ1n) is 1.29. The molecule has 32 valence electrons. The molecule has 6 heavy (non-hydrogen) atoms. The first kappa shape index (κ1) is 9.42. The molecule has 1 nitrogen and oxygen atoms in total. The van der Waals surface area contributed by atoms with Gasteiger partial charge in [0.25, 0.3) is 0 Å². The summed E-state index contributed by atoms with van der Waals surface area (Å²) < 4.78 is 4.36. The van der Waals surface area contributed by atoms with E-state index in [0.29, 0.717) is 0 Å². The van der Waals surface area contributed by atoms with E-state index in [-0.39, 0.29) is 23.9 Å². The van der Waals surface area contributed by atoms with Gasteiger partial charge in [0.05, 0.1) is 12.5 Å². The Bertz CT molecular complexity index is 36.8. The maximum absolute atomic E-state index is 4.36. The number of ether oxygens (including phenoxy) is 1. The topological polar surface area (TPSA) is 9.23 Å². The molecule has 0 aromatic rings. The van der Waals surface area contributed by atoms with Gasteiger partial charge in [-0.05, 0) is 0 Å². The van der Waals surface area contributed by atoms with Crippen molar-refractivity contribution in [1.29, 1.82) is 0 Å². The SMILES string of the molecule is C=COC=C.[Sn]. The Morgan fingerprint density at radius 1 is 1.17 bits per heavy atom. The van der Waals surface area contributed by atoms with Crippen LogP contribution in [0.4, 0.5) is 0 Å². The smallest absolute Gasteiger partial charge is 0.0829 e. The van der Waals surface area contributed by atoms with Crippen molar-refractivity contribution in [1.82, 2.24) is 0 Å². The minimum atomic E-state index is 0. The van der Waals surface area contributed by atoms with Gasteiger partial charge in [0, 0.05) is 23.9 Å². The van der Waals surface area contributed by atoms with Gasteiger partial charge in [0.2, 0.25) is 0 Å². The largest absolute Gasteiger partial charge is 0.474 e. The van der Waals surface area contributed by atoms with E-state index in [1.54, 1.807) is 0 Å². The van der Waals surface area contributed by atoms with Crippen LogP contribution in [0.2, 0.25) is 0 Å². The summed E-state index contributed by atoms with van der Waals surface area (Å²) in [5.74, 6) is 0. The van der Waals surface area contributed by atoms with Crippen LogP contribution in [0.15, 0.2) is 25.7 Å². The summed E-state index contributed by atoms with van der Waals surface area (Å²) in [6, 6.07) is 0. The first-order valence-corrected chi connectivity index (χ1v) is 1.29. The van der Waals surface area contributed by atoms with E-state index in [1.165, 1.54) is 12.5 Å². The summed E-state index contributed by atoms with van der Waals surface area (Å²) in [7, 11) is 0. The van der Waals surface area contributed by atoms with Gasteiger partial charge in [0.15, 0.2) is 0 Å². The molecule has 0 heterocycles. The summed E-state index contributed by atoms with van der Waals surface area (Å²) in [6.07, 6.45) is 2.62. The third-order valence-corrected chi connectivity index (χ3v) is 0.192. The Kier molecular flexibility index (Phi) is 14.0. The fourth-order valence-corrected chi connectivity index (χ4v) is 0.0680. The van der Waals surface area contributed by atoms with Crippen LogP contribution in [0.3, 0.4) is 0 Å². The minimum absolute atomic E-state index is 0. The average Bonchev–Trinajstić information content (AvgIpc) is 1.41. The molecular formula is C4H6OSn. The van der Waals surface area contributed by atoms with Gasteiger partial charge in [-0.3, -0.25) is 0 Å². The maximum Gasteiger partial charge on any atom is 0.0829 e. The van der Waals surface area contributed by atoms with Crippen LogP contribution in [0, 0.1) is 0 Å². The molecule has 0 aliphatic carbocycles. The predicted octanol–water partition coefficient (Wildman–Crippen LogP) is 0.909. The molecule has 0 aliphatic rings. The van der Waals surface area contributed by atoms with Gasteiger partial charge in [-0.15, -0.1) is 0 Å². The molecule has 0 aliphatic heterocycles. The molecule has 0 aromatic carbocycles. The van der Waals surface area contributed by atoms with E-state index in [2.05, 4.69) is 17.9 Å². The van der Waals surface area contributed by atoms with E-state index in [9.17, 15) is 0 Å². The fraction of sp³-hybridized carbons (Fsp3) is 0. The molecule has 0 unspecified atom stereocenters. The molecule has 0 rings (SSSR count). The molecule has 0 saturated carbocycles. The first-order chi connectivity index (χ1) is 2.41. The zero-order valence-electron chi connectivity index (χ0n) is 3.48. The van der Waals surface area contributed by atoms with Crippen molar-refractivity contribution < 1.29 is 4.74 Å². The zero-order valence-corrected chi connectivity index (χ0v) is 6.33. The fourth-order valence-electron chi connectivity index (χ4n) is 0.0680. The van der Waals surface area contributed by atoms with Gasteiger partial charge < -0.3 is 4.74 Å². The molecule has 0 atom stereocenters. The van der Waals surface area contributed by atoms with Crippen LogP contribution < -0.4 is 0 Å². The van der Waals surface area contributed by atoms with Crippen molar-refractivity contribution in [3.8, 4) is 0 Å². The molecule has 2 heteroatoms. The second kappa shape index (κ2) is 8.91. The Hall–Kier alpha value is 0.0787. The van der Waals surface area contributed by atoms with Crippen molar-refractivity contribution in [2.45, 2.75) is 0 Å². The van der Waals surface area contributed by atoms with E-state index in [1.807, 2.05) is 0 Å². The second-order valence-electron chi connectivity index (χ2n) is 0.469. The van der Waals surface area contributed by atoms with Crippen LogP contribution >= 0.6 is 0 Å². The Balaban J connectivity index is 0. The number of hydrogen-bond donors (Lipinski definition) is 0. The van der Waals surface area contributed by atoms with Crippen molar-refractivity contribution in [2.75, 3.05) is 0 Å². The van der Waals surface area contributed by atoms with Crippen molar-refractivity contribution in [2.24, 2.45) is 0 Å². The van der Waals surface area contributed by atoms with Crippen molar-refractivity contribution in [3.05, 3.63) is 25.7 Å². The van der Waals surface area contributed by atoms with Crippen molar-refractivity contribution >= 4 is 23.9 Å². The molecule has 0 saturated heterocycles. The molecule has 0 spiro atoms. The van der Waals surface area contributed by atoms with Crippen molar-refractivity contribution in [3.63, 3.8) is 0 Å². The van der Waals surface area contributed by atoms with Gasteiger partial charge in [-0.2, -0.15) is 0 Å². The number of hydrogen-bond acceptors (Lipinski definition) is 1. The summed E-state index contributed by atoms with van der Waals surface area (Å²) in [5.41, 5.74) is 0. The van der Waals surface area contributed by atoms with Gasteiger partial charge in [-0.1, -0.05) is 13.2 Å². The minimum Gasteiger partial charge on any atom is -0.474 e. The van der Waals surface area contributed by atoms with Crippen LogP contribution in [-0.4, -0.2) is 23.9 Å². The van der Waals surface area contributed by atoms with Gasteiger partial charge >= 0.3 is 0 Å². The van der Waals surface area contributed by atoms with Gasteiger partial charge in [-0.25, -0.2) is 0 Å². The normalized spacial score (nSPS) is 4.67. The maximum atomic E-state index is 4.36. The average molecular weight is 189 g/mol. The van der Waals surface area contributed by atoms with Crippen LogP contribution in [0.25, 0.3) is 0 Å². The molecule has 0 N–H and O–H groups in total. The second-order valence-corrected chi connectivity index (χ2v) is 0.469. The van der Waals surface area contributed by atoms with E-state index in [0.717, 1.165) is 0 Å². The summed E-state index contributed by atoms with van der Waals surface area (Å²) >= 11 is 0. The molecule has 0 fully saturated rings. The molecular weight excluding hydrogens is 183 g/mol. The van der Waals surface area contributed by atoms with Crippen LogP contribution in [0.1, 0.15) is 0 Å². The summed E-state index contributed by atoms with van der Waals surface area (Å²) in [5, 5.41) is 0. The summed E-state index contributed by atoms with van der Waals surface area (Å²) in [6.45, 7) is 6.51. The Labute approximate surface area is 54.6 Å². The quantitative estimate of drug-likeness (QED) is 0.463. The zero-order chi connectivity index (χ0) is 4.12.